The van der Waals surface area contributed by atoms with Crippen molar-refractivity contribution in [3.63, 3.8) is 0 Å². The second kappa shape index (κ2) is 5.80. The van der Waals surface area contributed by atoms with Gasteiger partial charge in [0.05, 0.1) is 5.56 Å². The first-order valence-electron chi connectivity index (χ1n) is 8.84. The molecule has 26 heavy (non-hydrogen) atoms. The Morgan fingerprint density at radius 1 is 1.00 bits per heavy atom. The largest absolute Gasteiger partial charge is 0.419 e. The maximum Gasteiger partial charge on any atom is 0.419 e. The van der Waals surface area contributed by atoms with Crippen molar-refractivity contribution in [1.29, 1.82) is 0 Å². The molecular formula is C17H18F3N5S. The van der Waals surface area contributed by atoms with Gasteiger partial charge in [0.1, 0.15) is 10.8 Å². The summed E-state index contributed by atoms with van der Waals surface area (Å²) in [5.41, 5.74) is -0.643. The molecule has 2 aromatic rings. The first-order valence-corrected chi connectivity index (χ1v) is 9.66. The van der Waals surface area contributed by atoms with Gasteiger partial charge >= 0.3 is 6.18 Å². The van der Waals surface area contributed by atoms with Gasteiger partial charge < -0.3 is 9.80 Å². The number of pyridine rings is 1. The van der Waals surface area contributed by atoms with Gasteiger partial charge in [0.2, 0.25) is 5.13 Å². The molecule has 4 heterocycles. The van der Waals surface area contributed by atoms with Crippen LogP contribution in [0.25, 0.3) is 0 Å². The van der Waals surface area contributed by atoms with Crippen LogP contribution >= 0.6 is 11.3 Å². The van der Waals surface area contributed by atoms with E-state index in [0.29, 0.717) is 30.8 Å². The molecule has 0 spiro atoms. The second-order valence-electron chi connectivity index (χ2n) is 7.40. The SMILES string of the molecule is FC(F)(F)c1cccnc1N1CC2CN(c3nnc(C4CC4)s3)CC2C1. The topological polar surface area (TPSA) is 45.2 Å². The molecular weight excluding hydrogens is 363 g/mol. The van der Waals surface area contributed by atoms with Crippen molar-refractivity contribution < 1.29 is 13.2 Å². The Balaban J connectivity index is 1.30. The van der Waals surface area contributed by atoms with Gasteiger partial charge in [-0.05, 0) is 25.0 Å². The zero-order valence-electron chi connectivity index (χ0n) is 14.0. The van der Waals surface area contributed by atoms with Crippen molar-refractivity contribution in [3.05, 3.63) is 28.9 Å². The number of hydrogen-bond acceptors (Lipinski definition) is 6. The van der Waals surface area contributed by atoms with Crippen LogP contribution < -0.4 is 9.80 Å². The van der Waals surface area contributed by atoms with E-state index < -0.39 is 11.7 Å². The number of anilines is 2. The highest BCUT2D eigenvalue weighted by Crippen LogP contribution is 2.44. The van der Waals surface area contributed by atoms with Gasteiger partial charge in [0.25, 0.3) is 0 Å². The highest BCUT2D eigenvalue weighted by atomic mass is 32.1. The van der Waals surface area contributed by atoms with Crippen molar-refractivity contribution in [3.8, 4) is 0 Å². The lowest BCUT2D eigenvalue weighted by atomic mass is 10.0. The fourth-order valence-electron chi connectivity index (χ4n) is 4.04. The number of halogens is 3. The summed E-state index contributed by atoms with van der Waals surface area (Å²) in [6, 6.07) is 2.46. The predicted molar refractivity (Wildman–Crippen MR) is 92.5 cm³/mol. The highest BCUT2D eigenvalue weighted by molar-refractivity contribution is 7.15. The molecule has 9 heteroatoms. The van der Waals surface area contributed by atoms with Crippen LogP contribution in [0.1, 0.15) is 29.3 Å². The van der Waals surface area contributed by atoms with Crippen LogP contribution in [-0.4, -0.2) is 41.4 Å². The Morgan fingerprint density at radius 2 is 1.69 bits per heavy atom. The Bertz CT molecular complexity index is 805. The fourth-order valence-corrected chi connectivity index (χ4v) is 5.07. The average molecular weight is 381 g/mol. The predicted octanol–water partition coefficient (Wildman–Crippen LogP) is 3.40. The lowest BCUT2D eigenvalue weighted by Crippen LogP contribution is -2.30. The van der Waals surface area contributed by atoms with Crippen LogP contribution in [0, 0.1) is 11.8 Å². The third-order valence-electron chi connectivity index (χ3n) is 5.50. The molecule has 1 saturated carbocycles. The van der Waals surface area contributed by atoms with E-state index in [9.17, 15) is 13.2 Å². The summed E-state index contributed by atoms with van der Waals surface area (Å²) in [5, 5.41) is 10.7. The number of aromatic nitrogens is 3. The van der Waals surface area contributed by atoms with Gasteiger partial charge in [-0.2, -0.15) is 13.2 Å². The highest BCUT2D eigenvalue weighted by Gasteiger charge is 2.44. The fraction of sp³-hybridized carbons (Fsp3) is 0.588. The van der Waals surface area contributed by atoms with Gasteiger partial charge in [-0.1, -0.05) is 11.3 Å². The van der Waals surface area contributed by atoms with Crippen LogP contribution in [0.3, 0.4) is 0 Å². The van der Waals surface area contributed by atoms with Crippen LogP contribution in [0.15, 0.2) is 18.3 Å². The maximum atomic E-state index is 13.3. The van der Waals surface area contributed by atoms with Crippen LogP contribution in [0.5, 0.6) is 0 Å². The molecule has 0 aromatic carbocycles. The molecule has 1 aliphatic carbocycles. The summed E-state index contributed by atoms with van der Waals surface area (Å²) in [6.45, 7) is 2.87. The van der Waals surface area contributed by atoms with Crippen molar-refractivity contribution in [2.24, 2.45) is 11.8 Å². The first-order chi connectivity index (χ1) is 12.5. The summed E-state index contributed by atoms with van der Waals surface area (Å²) in [6.07, 6.45) is -0.522. The molecule has 2 atom stereocenters. The zero-order valence-corrected chi connectivity index (χ0v) is 14.8. The smallest absolute Gasteiger partial charge is 0.355 e. The van der Waals surface area contributed by atoms with E-state index in [2.05, 4.69) is 20.1 Å². The third-order valence-corrected chi connectivity index (χ3v) is 6.65. The zero-order chi connectivity index (χ0) is 17.9. The van der Waals surface area contributed by atoms with Crippen molar-refractivity contribution in [2.45, 2.75) is 24.9 Å². The van der Waals surface area contributed by atoms with Crippen molar-refractivity contribution in [1.82, 2.24) is 15.2 Å². The summed E-state index contributed by atoms with van der Waals surface area (Å²) in [7, 11) is 0. The molecule has 0 amide bonds. The van der Waals surface area contributed by atoms with Crippen LogP contribution in [-0.2, 0) is 6.18 Å². The monoisotopic (exact) mass is 381 g/mol. The van der Waals surface area contributed by atoms with Gasteiger partial charge in [-0.15, -0.1) is 10.2 Å². The standard InChI is InChI=1S/C17H18F3N5S/c18-17(19,20)13-2-1-5-21-14(13)24-6-11-8-25(9-12(11)7-24)16-23-22-15(26-16)10-3-4-10/h1-2,5,10-12H,3-4,6-9H2. The molecule has 5 nitrogen and oxygen atoms in total. The third kappa shape index (κ3) is 2.82. The molecule has 3 aliphatic rings. The first kappa shape index (κ1) is 16.3. The minimum absolute atomic E-state index is 0.0629. The van der Waals surface area contributed by atoms with E-state index in [1.807, 2.05) is 0 Å². The minimum Gasteiger partial charge on any atom is -0.355 e. The van der Waals surface area contributed by atoms with Crippen molar-refractivity contribution in [2.75, 3.05) is 36.0 Å². The molecule has 2 aliphatic heterocycles. The Hall–Kier alpha value is -1.90. The number of hydrogen-bond donors (Lipinski definition) is 0. The van der Waals surface area contributed by atoms with E-state index in [0.717, 1.165) is 29.3 Å². The maximum absolute atomic E-state index is 13.3. The number of alkyl halides is 3. The molecule has 0 N–H and O–H groups in total. The summed E-state index contributed by atoms with van der Waals surface area (Å²) < 4.78 is 39.8. The molecule has 138 valence electrons. The summed E-state index contributed by atoms with van der Waals surface area (Å²) >= 11 is 1.67. The molecule has 2 saturated heterocycles. The van der Waals surface area contributed by atoms with E-state index in [4.69, 9.17) is 0 Å². The van der Waals surface area contributed by atoms with E-state index in [-0.39, 0.29) is 5.82 Å². The summed E-state index contributed by atoms with van der Waals surface area (Å²) in [5.74, 6) is 1.34. The molecule has 0 radical (unpaired) electrons. The normalized spacial score (nSPS) is 25.8. The lowest BCUT2D eigenvalue weighted by Gasteiger charge is -2.24. The molecule has 5 rings (SSSR count). The average Bonchev–Trinajstić information content (AvgIpc) is 3.03. The second-order valence-corrected chi connectivity index (χ2v) is 8.39. The van der Waals surface area contributed by atoms with Gasteiger partial charge in [-0.3, -0.25) is 0 Å². The molecule has 0 bridgehead atoms. The van der Waals surface area contributed by atoms with Crippen LogP contribution in [0.2, 0.25) is 0 Å². The van der Waals surface area contributed by atoms with Gasteiger partial charge in [-0.25, -0.2) is 4.98 Å². The molecule has 2 unspecified atom stereocenters. The summed E-state index contributed by atoms with van der Waals surface area (Å²) in [4.78, 5) is 8.08. The number of nitrogens with zero attached hydrogens (tertiary/aromatic N) is 5. The Kier molecular flexibility index (Phi) is 3.63. The quantitative estimate of drug-likeness (QED) is 0.815. The van der Waals surface area contributed by atoms with Crippen LogP contribution in [0.4, 0.5) is 24.1 Å². The van der Waals surface area contributed by atoms with E-state index in [1.165, 1.54) is 25.1 Å². The number of rotatable bonds is 3. The Morgan fingerprint density at radius 3 is 2.35 bits per heavy atom. The van der Waals surface area contributed by atoms with Gasteiger partial charge in [0.15, 0.2) is 0 Å². The van der Waals surface area contributed by atoms with Gasteiger partial charge in [0, 0.05) is 50.1 Å². The minimum atomic E-state index is -4.38. The van der Waals surface area contributed by atoms with Crippen molar-refractivity contribution >= 4 is 22.3 Å². The Labute approximate surface area is 152 Å². The lowest BCUT2D eigenvalue weighted by molar-refractivity contribution is -0.137. The van der Waals surface area contributed by atoms with E-state index in [1.54, 1.807) is 16.2 Å². The molecule has 2 aromatic heterocycles. The number of fused-ring (bicyclic) bond motifs is 1. The van der Waals surface area contributed by atoms with E-state index >= 15 is 0 Å². The molecule has 3 fully saturated rings.